The molecule has 0 saturated heterocycles. The fourth-order valence-corrected chi connectivity index (χ4v) is 2.36. The van der Waals surface area contributed by atoms with Gasteiger partial charge in [-0.2, -0.15) is 11.8 Å². The second-order valence-electron chi connectivity index (χ2n) is 3.82. The van der Waals surface area contributed by atoms with Crippen molar-refractivity contribution in [3.8, 4) is 0 Å². The van der Waals surface area contributed by atoms with Crippen LogP contribution in [0.1, 0.15) is 32.1 Å². The molecule has 2 N–H and O–H groups in total. The van der Waals surface area contributed by atoms with Crippen molar-refractivity contribution in [3.63, 3.8) is 0 Å². The predicted molar refractivity (Wildman–Crippen MR) is 59.8 cm³/mol. The molecule has 3 nitrogen and oxygen atoms in total. The van der Waals surface area contributed by atoms with Crippen LogP contribution < -0.4 is 5.32 Å². The zero-order valence-corrected chi connectivity index (χ0v) is 9.48. The lowest BCUT2D eigenvalue weighted by molar-refractivity contribution is -0.139. The van der Waals surface area contributed by atoms with E-state index >= 15 is 0 Å². The van der Waals surface area contributed by atoms with E-state index in [4.69, 9.17) is 5.11 Å². The molecule has 4 heteroatoms. The van der Waals surface area contributed by atoms with Gasteiger partial charge in [-0.1, -0.05) is 12.8 Å². The van der Waals surface area contributed by atoms with Crippen molar-refractivity contribution in [1.29, 1.82) is 0 Å². The Balaban J connectivity index is 2.30. The van der Waals surface area contributed by atoms with E-state index in [1.165, 1.54) is 12.8 Å². The van der Waals surface area contributed by atoms with Crippen LogP contribution in [0, 0.1) is 0 Å². The minimum absolute atomic E-state index is 0.342. The van der Waals surface area contributed by atoms with Crippen LogP contribution in [-0.4, -0.2) is 35.2 Å². The molecule has 0 aromatic carbocycles. The molecule has 1 aliphatic carbocycles. The van der Waals surface area contributed by atoms with Crippen molar-refractivity contribution in [3.05, 3.63) is 0 Å². The maximum Gasteiger partial charge on any atom is 0.320 e. The van der Waals surface area contributed by atoms with Gasteiger partial charge in [0, 0.05) is 6.04 Å². The molecule has 0 aromatic rings. The highest BCUT2D eigenvalue weighted by Crippen LogP contribution is 2.18. The molecule has 1 aliphatic rings. The molecule has 0 bridgehead atoms. The minimum Gasteiger partial charge on any atom is -0.480 e. The zero-order valence-electron chi connectivity index (χ0n) is 8.66. The molecule has 0 radical (unpaired) electrons. The number of carboxylic acids is 1. The van der Waals surface area contributed by atoms with Crippen LogP contribution in [0.4, 0.5) is 0 Å². The van der Waals surface area contributed by atoms with Crippen molar-refractivity contribution >= 4 is 17.7 Å². The molecular weight excluding hydrogens is 198 g/mol. The van der Waals surface area contributed by atoms with Crippen molar-refractivity contribution in [2.75, 3.05) is 12.0 Å². The highest BCUT2D eigenvalue weighted by Gasteiger charge is 2.22. The summed E-state index contributed by atoms with van der Waals surface area (Å²) in [6.07, 6.45) is 7.51. The first kappa shape index (κ1) is 11.9. The lowest BCUT2D eigenvalue weighted by atomic mass is 10.1. The van der Waals surface area contributed by atoms with E-state index in [9.17, 15) is 4.79 Å². The molecule has 0 aliphatic heterocycles. The van der Waals surface area contributed by atoms with Crippen LogP contribution in [-0.2, 0) is 4.79 Å². The third kappa shape index (κ3) is 3.88. The Kier molecular flexibility index (Phi) is 5.33. The lowest BCUT2D eigenvalue weighted by Gasteiger charge is -2.18. The maximum atomic E-state index is 10.9. The fourth-order valence-electron chi connectivity index (χ4n) is 1.89. The molecule has 14 heavy (non-hydrogen) atoms. The van der Waals surface area contributed by atoms with Gasteiger partial charge in [0.2, 0.25) is 0 Å². The first-order valence-corrected chi connectivity index (χ1v) is 6.61. The Morgan fingerprint density at radius 3 is 2.71 bits per heavy atom. The lowest BCUT2D eigenvalue weighted by Crippen LogP contribution is -2.42. The van der Waals surface area contributed by atoms with Crippen LogP contribution in [0.25, 0.3) is 0 Å². The smallest absolute Gasteiger partial charge is 0.320 e. The monoisotopic (exact) mass is 217 g/mol. The normalized spacial score (nSPS) is 19.8. The molecule has 1 unspecified atom stereocenters. The Bertz CT molecular complexity index is 181. The molecule has 1 fully saturated rings. The summed E-state index contributed by atoms with van der Waals surface area (Å²) in [6, 6.07) is 0.100. The molecule has 0 aromatic heterocycles. The summed E-state index contributed by atoms with van der Waals surface area (Å²) in [6.45, 7) is 0. The summed E-state index contributed by atoms with van der Waals surface area (Å²) in [7, 11) is 0. The van der Waals surface area contributed by atoms with Gasteiger partial charge >= 0.3 is 5.97 Å². The topological polar surface area (TPSA) is 49.3 Å². The maximum absolute atomic E-state index is 10.9. The molecular formula is C10H19NO2S. The second kappa shape index (κ2) is 6.30. The van der Waals surface area contributed by atoms with Gasteiger partial charge in [0.25, 0.3) is 0 Å². The summed E-state index contributed by atoms with van der Waals surface area (Å²) in [5.41, 5.74) is 0. The Labute approximate surface area is 89.6 Å². The standard InChI is InChI=1S/C10H19NO2S/c1-14-7-6-9(10(12)13)11-8-4-2-3-5-8/h8-9,11H,2-7H2,1H3,(H,12,13). The number of carboxylic acid groups (broad SMARTS) is 1. The van der Waals surface area contributed by atoms with Crippen LogP contribution in [0.15, 0.2) is 0 Å². The number of carbonyl (C=O) groups is 1. The second-order valence-corrected chi connectivity index (χ2v) is 4.81. The zero-order chi connectivity index (χ0) is 10.4. The predicted octanol–water partition coefficient (Wildman–Crippen LogP) is 1.72. The van der Waals surface area contributed by atoms with Crippen molar-refractivity contribution in [2.24, 2.45) is 0 Å². The first-order chi connectivity index (χ1) is 6.74. The fraction of sp³-hybridized carbons (Fsp3) is 0.900. The number of thioether (sulfide) groups is 1. The molecule has 1 atom stereocenters. The largest absolute Gasteiger partial charge is 0.480 e. The molecule has 82 valence electrons. The van der Waals surface area contributed by atoms with Gasteiger partial charge in [-0.15, -0.1) is 0 Å². The summed E-state index contributed by atoms with van der Waals surface area (Å²) < 4.78 is 0. The summed E-state index contributed by atoms with van der Waals surface area (Å²) in [5, 5.41) is 12.2. The number of hydrogen-bond acceptors (Lipinski definition) is 3. The van der Waals surface area contributed by atoms with E-state index in [1.54, 1.807) is 11.8 Å². The Morgan fingerprint density at radius 1 is 1.57 bits per heavy atom. The van der Waals surface area contributed by atoms with E-state index in [1.807, 2.05) is 6.26 Å². The number of aliphatic carboxylic acids is 1. The van der Waals surface area contributed by atoms with Gasteiger partial charge in [0.05, 0.1) is 0 Å². The summed E-state index contributed by atoms with van der Waals surface area (Å²) >= 11 is 1.70. The average Bonchev–Trinajstić information content (AvgIpc) is 2.64. The quantitative estimate of drug-likeness (QED) is 0.711. The third-order valence-corrected chi connectivity index (χ3v) is 3.34. The van der Waals surface area contributed by atoms with Crippen molar-refractivity contribution in [2.45, 2.75) is 44.2 Å². The molecule has 0 amide bonds. The van der Waals surface area contributed by atoms with Gasteiger partial charge in [0.15, 0.2) is 0 Å². The highest BCUT2D eigenvalue weighted by atomic mass is 32.2. The van der Waals surface area contributed by atoms with Crippen molar-refractivity contribution in [1.82, 2.24) is 5.32 Å². The molecule has 0 heterocycles. The molecule has 1 saturated carbocycles. The van der Waals surface area contributed by atoms with E-state index in [2.05, 4.69) is 5.32 Å². The van der Waals surface area contributed by atoms with Crippen LogP contribution in [0.5, 0.6) is 0 Å². The summed E-state index contributed by atoms with van der Waals surface area (Å²) in [5.74, 6) is 0.211. The van der Waals surface area contributed by atoms with Gasteiger partial charge in [-0.3, -0.25) is 4.79 Å². The van der Waals surface area contributed by atoms with E-state index in [-0.39, 0.29) is 6.04 Å². The van der Waals surface area contributed by atoms with Gasteiger partial charge in [-0.25, -0.2) is 0 Å². The number of hydrogen-bond donors (Lipinski definition) is 2. The highest BCUT2D eigenvalue weighted by molar-refractivity contribution is 7.98. The third-order valence-electron chi connectivity index (χ3n) is 2.70. The first-order valence-electron chi connectivity index (χ1n) is 5.22. The SMILES string of the molecule is CSCCC(NC1CCCC1)C(=O)O. The van der Waals surface area contributed by atoms with Crippen LogP contribution in [0.2, 0.25) is 0 Å². The minimum atomic E-state index is -0.703. The van der Waals surface area contributed by atoms with E-state index < -0.39 is 5.97 Å². The van der Waals surface area contributed by atoms with Gasteiger partial charge < -0.3 is 10.4 Å². The average molecular weight is 217 g/mol. The van der Waals surface area contributed by atoms with Crippen LogP contribution in [0.3, 0.4) is 0 Å². The van der Waals surface area contributed by atoms with Gasteiger partial charge in [-0.05, 0) is 31.3 Å². The number of rotatable bonds is 6. The molecule has 1 rings (SSSR count). The summed E-state index contributed by atoms with van der Waals surface area (Å²) in [4.78, 5) is 10.9. The van der Waals surface area contributed by atoms with Crippen LogP contribution >= 0.6 is 11.8 Å². The van der Waals surface area contributed by atoms with E-state index in [0.717, 1.165) is 25.0 Å². The van der Waals surface area contributed by atoms with Gasteiger partial charge in [0.1, 0.15) is 6.04 Å². The molecule has 0 spiro atoms. The Morgan fingerprint density at radius 2 is 2.21 bits per heavy atom. The van der Waals surface area contributed by atoms with Crippen molar-refractivity contribution < 1.29 is 9.90 Å². The number of nitrogens with one attached hydrogen (secondary N) is 1. The van der Waals surface area contributed by atoms with E-state index in [0.29, 0.717) is 6.04 Å². The Hall–Kier alpha value is -0.220.